The normalized spacial score (nSPS) is 16.7. The van der Waals surface area contributed by atoms with E-state index in [1.807, 2.05) is 30.3 Å². The molecule has 1 aliphatic rings. The Balaban J connectivity index is 1.74. The lowest BCUT2D eigenvalue weighted by Gasteiger charge is -2.29. The minimum atomic E-state index is -1.14. The Morgan fingerprint density at radius 2 is 1.83 bits per heavy atom. The van der Waals surface area contributed by atoms with Gasteiger partial charge in [-0.1, -0.05) is 30.3 Å². The fourth-order valence-electron chi connectivity index (χ4n) is 2.72. The van der Waals surface area contributed by atoms with Gasteiger partial charge in [-0.25, -0.2) is 8.78 Å². The van der Waals surface area contributed by atoms with E-state index in [9.17, 15) is 18.7 Å². The number of nitrogens with one attached hydrogen (secondary N) is 1. The summed E-state index contributed by atoms with van der Waals surface area (Å²) in [5, 5.41) is 13.6. The third-order valence-corrected chi connectivity index (χ3v) is 4.23. The Bertz CT molecular complexity index is 716. The lowest BCUT2D eigenvalue weighted by Crippen LogP contribution is -2.42. The molecule has 1 aliphatic carbocycles. The second kappa shape index (κ2) is 6.08. The van der Waals surface area contributed by atoms with Crippen LogP contribution in [0, 0.1) is 17.6 Å². The van der Waals surface area contributed by atoms with E-state index in [0.29, 0.717) is 0 Å². The van der Waals surface area contributed by atoms with E-state index in [-0.39, 0.29) is 18.0 Å². The molecule has 0 bridgehead atoms. The molecule has 0 radical (unpaired) electrons. The van der Waals surface area contributed by atoms with Crippen molar-refractivity contribution in [1.82, 2.24) is 5.32 Å². The minimum Gasteiger partial charge on any atom is -0.383 e. The summed E-state index contributed by atoms with van der Waals surface area (Å²) in [5.41, 5.74) is -0.377. The quantitative estimate of drug-likeness (QED) is 0.891. The van der Waals surface area contributed by atoms with Crippen LogP contribution in [0.2, 0.25) is 0 Å². The topological polar surface area (TPSA) is 49.3 Å². The molecule has 0 aromatic heterocycles. The highest BCUT2D eigenvalue weighted by molar-refractivity contribution is 5.94. The average Bonchev–Trinajstić information content (AvgIpc) is 3.41. The maximum absolute atomic E-state index is 13.2. The van der Waals surface area contributed by atoms with Crippen molar-refractivity contribution in [3.8, 4) is 0 Å². The lowest BCUT2D eigenvalue weighted by molar-refractivity contribution is 0.0135. The zero-order valence-corrected chi connectivity index (χ0v) is 12.4. The number of amides is 1. The van der Waals surface area contributed by atoms with Gasteiger partial charge in [-0.05, 0) is 42.5 Å². The van der Waals surface area contributed by atoms with Crippen LogP contribution in [0.5, 0.6) is 0 Å². The summed E-state index contributed by atoms with van der Waals surface area (Å²) >= 11 is 0. The van der Waals surface area contributed by atoms with Gasteiger partial charge >= 0.3 is 0 Å². The van der Waals surface area contributed by atoms with Crippen LogP contribution in [0.15, 0.2) is 48.5 Å². The number of rotatable bonds is 5. The van der Waals surface area contributed by atoms with E-state index in [0.717, 1.165) is 30.5 Å². The van der Waals surface area contributed by atoms with Gasteiger partial charge in [-0.15, -0.1) is 0 Å². The van der Waals surface area contributed by atoms with Crippen molar-refractivity contribution >= 4 is 5.91 Å². The molecule has 23 heavy (non-hydrogen) atoms. The molecule has 1 saturated carbocycles. The summed E-state index contributed by atoms with van der Waals surface area (Å²) in [7, 11) is 0. The number of halogens is 2. The third-order valence-electron chi connectivity index (χ3n) is 4.23. The van der Waals surface area contributed by atoms with Crippen LogP contribution in [0.1, 0.15) is 28.8 Å². The Morgan fingerprint density at radius 1 is 1.13 bits per heavy atom. The van der Waals surface area contributed by atoms with Gasteiger partial charge in [0.15, 0.2) is 11.6 Å². The van der Waals surface area contributed by atoms with Crippen LogP contribution in [0.4, 0.5) is 8.78 Å². The summed E-state index contributed by atoms with van der Waals surface area (Å²) in [6, 6.07) is 12.1. The maximum atomic E-state index is 13.2. The van der Waals surface area contributed by atoms with Gasteiger partial charge in [-0.2, -0.15) is 0 Å². The van der Waals surface area contributed by atoms with Gasteiger partial charge in [0.2, 0.25) is 0 Å². The van der Waals surface area contributed by atoms with Crippen molar-refractivity contribution in [2.24, 2.45) is 5.92 Å². The number of hydrogen-bond donors (Lipinski definition) is 2. The van der Waals surface area contributed by atoms with E-state index >= 15 is 0 Å². The smallest absolute Gasteiger partial charge is 0.251 e. The average molecular weight is 317 g/mol. The highest BCUT2D eigenvalue weighted by Crippen LogP contribution is 2.45. The van der Waals surface area contributed by atoms with E-state index in [1.54, 1.807) is 0 Å². The Hall–Kier alpha value is -2.27. The first-order valence-electron chi connectivity index (χ1n) is 7.52. The van der Waals surface area contributed by atoms with Gasteiger partial charge in [0.05, 0.1) is 6.54 Å². The molecular formula is C18H17F2NO2. The second-order valence-electron chi connectivity index (χ2n) is 5.88. The van der Waals surface area contributed by atoms with Crippen LogP contribution >= 0.6 is 0 Å². The minimum absolute atomic E-state index is 0.0232. The van der Waals surface area contributed by atoms with Crippen LogP contribution < -0.4 is 5.32 Å². The van der Waals surface area contributed by atoms with Crippen LogP contribution in [-0.2, 0) is 5.60 Å². The molecule has 5 heteroatoms. The zero-order valence-electron chi connectivity index (χ0n) is 12.4. The first-order valence-corrected chi connectivity index (χ1v) is 7.52. The molecule has 2 N–H and O–H groups in total. The summed E-state index contributed by atoms with van der Waals surface area (Å²) in [5.74, 6) is -2.52. The fraction of sp³-hybridized carbons (Fsp3) is 0.278. The van der Waals surface area contributed by atoms with E-state index < -0.39 is 23.1 Å². The summed E-state index contributed by atoms with van der Waals surface area (Å²) in [4.78, 5) is 12.1. The third kappa shape index (κ3) is 3.24. The highest BCUT2D eigenvalue weighted by atomic mass is 19.2. The predicted molar refractivity (Wildman–Crippen MR) is 81.8 cm³/mol. The van der Waals surface area contributed by atoms with Gasteiger partial charge in [-0.3, -0.25) is 4.79 Å². The molecule has 1 atom stereocenters. The lowest BCUT2D eigenvalue weighted by atomic mass is 9.88. The van der Waals surface area contributed by atoms with Crippen LogP contribution in [0.25, 0.3) is 0 Å². The molecule has 1 unspecified atom stereocenters. The van der Waals surface area contributed by atoms with Gasteiger partial charge in [0, 0.05) is 5.56 Å². The molecule has 120 valence electrons. The Morgan fingerprint density at radius 3 is 2.43 bits per heavy atom. The first kappa shape index (κ1) is 15.6. The van der Waals surface area contributed by atoms with Gasteiger partial charge in [0.25, 0.3) is 5.91 Å². The highest BCUT2D eigenvalue weighted by Gasteiger charge is 2.45. The number of benzene rings is 2. The fourth-order valence-corrected chi connectivity index (χ4v) is 2.72. The zero-order chi connectivity index (χ0) is 16.4. The van der Waals surface area contributed by atoms with E-state index in [1.165, 1.54) is 6.07 Å². The van der Waals surface area contributed by atoms with Crippen molar-refractivity contribution < 1.29 is 18.7 Å². The van der Waals surface area contributed by atoms with Crippen molar-refractivity contribution in [1.29, 1.82) is 0 Å². The SMILES string of the molecule is O=C(NCC(O)(c1ccccc1)C1CC1)c1ccc(F)c(F)c1. The van der Waals surface area contributed by atoms with E-state index in [2.05, 4.69) is 5.32 Å². The van der Waals surface area contributed by atoms with Crippen molar-refractivity contribution in [3.05, 3.63) is 71.3 Å². The van der Waals surface area contributed by atoms with Crippen molar-refractivity contribution in [2.75, 3.05) is 6.54 Å². The summed E-state index contributed by atoms with van der Waals surface area (Å²) in [6.07, 6.45) is 1.79. The number of carbonyl (C=O) groups excluding carboxylic acids is 1. The summed E-state index contributed by atoms with van der Waals surface area (Å²) in [6.45, 7) is 0.0273. The largest absolute Gasteiger partial charge is 0.383 e. The molecule has 0 saturated heterocycles. The second-order valence-corrected chi connectivity index (χ2v) is 5.88. The molecule has 0 aliphatic heterocycles. The number of hydrogen-bond acceptors (Lipinski definition) is 2. The monoisotopic (exact) mass is 317 g/mol. The van der Waals surface area contributed by atoms with Crippen LogP contribution in [0.3, 0.4) is 0 Å². The van der Waals surface area contributed by atoms with Gasteiger partial charge < -0.3 is 10.4 Å². The van der Waals surface area contributed by atoms with Crippen LogP contribution in [-0.4, -0.2) is 17.6 Å². The molecule has 2 aromatic rings. The molecule has 1 fully saturated rings. The first-order chi connectivity index (χ1) is 11.0. The molecule has 3 rings (SSSR count). The van der Waals surface area contributed by atoms with Crippen molar-refractivity contribution in [3.63, 3.8) is 0 Å². The maximum Gasteiger partial charge on any atom is 0.251 e. The molecule has 0 spiro atoms. The van der Waals surface area contributed by atoms with E-state index in [4.69, 9.17) is 0 Å². The molecule has 2 aromatic carbocycles. The molecular weight excluding hydrogens is 300 g/mol. The Labute approximate surface area is 133 Å². The number of carbonyl (C=O) groups is 1. The molecule has 1 amide bonds. The van der Waals surface area contributed by atoms with Gasteiger partial charge in [0.1, 0.15) is 5.60 Å². The van der Waals surface area contributed by atoms with Crippen molar-refractivity contribution in [2.45, 2.75) is 18.4 Å². The predicted octanol–water partition coefficient (Wildman–Crippen LogP) is 2.99. The standard InChI is InChI=1S/C18H17F2NO2/c19-15-9-6-12(10-16(15)20)17(22)21-11-18(23,14-7-8-14)13-4-2-1-3-5-13/h1-6,9-10,14,23H,7-8,11H2,(H,21,22). The summed E-state index contributed by atoms with van der Waals surface area (Å²) < 4.78 is 26.1. The molecule has 3 nitrogen and oxygen atoms in total. The Kier molecular flexibility index (Phi) is 4.13. The molecule has 0 heterocycles. The number of aliphatic hydroxyl groups is 1.